The number of hydrogen-bond donors (Lipinski definition) is 0. The van der Waals surface area contributed by atoms with Crippen LogP contribution in [0.15, 0.2) is 48.5 Å². The first-order valence-electron chi connectivity index (χ1n) is 10.4. The van der Waals surface area contributed by atoms with Crippen LogP contribution < -0.4 is 9.64 Å². The molecule has 2 aliphatic rings. The Hall–Kier alpha value is -2.95. The number of Topliss-reactive ketones (excluding diaryl/α,β-unsaturated/α-hetero) is 1. The number of imide groups is 1. The van der Waals surface area contributed by atoms with Crippen LogP contribution in [0.5, 0.6) is 5.75 Å². The average molecular weight is 405 g/mol. The van der Waals surface area contributed by atoms with Crippen LogP contribution in [0.25, 0.3) is 0 Å². The van der Waals surface area contributed by atoms with Gasteiger partial charge in [0.05, 0.1) is 24.6 Å². The Morgan fingerprint density at radius 3 is 2.20 bits per heavy atom. The van der Waals surface area contributed by atoms with Crippen LogP contribution in [0.4, 0.5) is 5.69 Å². The maximum Gasteiger partial charge on any atom is 0.238 e. The van der Waals surface area contributed by atoms with Crippen molar-refractivity contribution in [3.8, 4) is 5.75 Å². The molecule has 1 aliphatic carbocycles. The van der Waals surface area contributed by atoms with E-state index in [0.29, 0.717) is 17.9 Å². The molecule has 0 bridgehead atoms. The molecule has 0 spiro atoms. The zero-order valence-corrected chi connectivity index (χ0v) is 17.8. The number of carbonyl (C=O) groups is 3. The lowest BCUT2D eigenvalue weighted by Gasteiger charge is -2.30. The van der Waals surface area contributed by atoms with Gasteiger partial charge in [-0.3, -0.25) is 14.4 Å². The van der Waals surface area contributed by atoms with Crippen molar-refractivity contribution in [2.75, 3.05) is 12.0 Å². The number of methoxy groups -OCH3 is 1. The van der Waals surface area contributed by atoms with E-state index in [1.807, 2.05) is 57.2 Å². The lowest BCUT2D eigenvalue weighted by Crippen LogP contribution is -2.34. The highest BCUT2D eigenvalue weighted by Gasteiger charge is 2.55. The second kappa shape index (κ2) is 7.38. The van der Waals surface area contributed by atoms with Gasteiger partial charge in [-0.05, 0) is 34.7 Å². The predicted octanol–water partition coefficient (Wildman–Crippen LogP) is 4.25. The first-order chi connectivity index (χ1) is 14.2. The van der Waals surface area contributed by atoms with Gasteiger partial charge in [0.25, 0.3) is 0 Å². The number of ether oxygens (including phenoxy) is 1. The van der Waals surface area contributed by atoms with Crippen molar-refractivity contribution in [2.24, 2.45) is 11.8 Å². The summed E-state index contributed by atoms with van der Waals surface area (Å²) in [4.78, 5) is 40.9. The minimum Gasteiger partial charge on any atom is -0.497 e. The number of benzene rings is 2. The summed E-state index contributed by atoms with van der Waals surface area (Å²) in [6.07, 6.45) is 0.433. The van der Waals surface area contributed by atoms with Gasteiger partial charge in [0.2, 0.25) is 11.8 Å². The molecule has 3 atom stereocenters. The zero-order chi connectivity index (χ0) is 21.6. The second-order valence-corrected chi connectivity index (χ2v) is 9.24. The topological polar surface area (TPSA) is 63.7 Å². The van der Waals surface area contributed by atoms with E-state index in [2.05, 4.69) is 0 Å². The van der Waals surface area contributed by atoms with Gasteiger partial charge < -0.3 is 4.74 Å². The van der Waals surface area contributed by atoms with Crippen molar-refractivity contribution in [1.29, 1.82) is 0 Å². The van der Waals surface area contributed by atoms with Crippen LogP contribution in [-0.2, 0) is 19.8 Å². The number of fused-ring (bicyclic) bond motifs is 1. The zero-order valence-electron chi connectivity index (χ0n) is 17.8. The molecule has 0 radical (unpaired) electrons. The van der Waals surface area contributed by atoms with E-state index in [1.165, 1.54) is 4.90 Å². The van der Waals surface area contributed by atoms with Crippen LogP contribution in [0.1, 0.15) is 50.7 Å². The van der Waals surface area contributed by atoms with Crippen molar-refractivity contribution >= 4 is 23.3 Å². The third kappa shape index (κ3) is 3.32. The van der Waals surface area contributed by atoms with Gasteiger partial charge >= 0.3 is 0 Å². The molecule has 1 aliphatic heterocycles. The molecule has 1 heterocycles. The molecule has 5 heteroatoms. The summed E-state index contributed by atoms with van der Waals surface area (Å²) in [5, 5.41) is 0. The Balaban J connectivity index is 1.80. The number of nitrogens with zero attached hydrogens (tertiary/aromatic N) is 1. The Kier molecular flexibility index (Phi) is 5.00. The molecule has 2 fully saturated rings. The Morgan fingerprint density at radius 2 is 1.57 bits per heavy atom. The van der Waals surface area contributed by atoms with E-state index in [9.17, 15) is 14.4 Å². The smallest absolute Gasteiger partial charge is 0.238 e. The molecule has 2 aromatic rings. The monoisotopic (exact) mass is 405 g/mol. The van der Waals surface area contributed by atoms with E-state index < -0.39 is 11.8 Å². The predicted molar refractivity (Wildman–Crippen MR) is 115 cm³/mol. The van der Waals surface area contributed by atoms with Crippen LogP contribution >= 0.6 is 0 Å². The third-order valence-corrected chi connectivity index (χ3v) is 6.29. The number of carbonyl (C=O) groups excluding carboxylic acids is 3. The van der Waals surface area contributed by atoms with E-state index in [-0.39, 0.29) is 35.4 Å². The van der Waals surface area contributed by atoms with Crippen molar-refractivity contribution in [1.82, 2.24) is 0 Å². The normalized spacial score (nSPS) is 24.2. The molecule has 1 saturated carbocycles. The van der Waals surface area contributed by atoms with Gasteiger partial charge in [-0.15, -0.1) is 0 Å². The van der Waals surface area contributed by atoms with E-state index in [1.54, 1.807) is 19.2 Å². The van der Waals surface area contributed by atoms with Crippen LogP contribution in [0.2, 0.25) is 0 Å². The maximum absolute atomic E-state index is 13.6. The van der Waals surface area contributed by atoms with Crippen LogP contribution in [0.3, 0.4) is 0 Å². The number of ketones is 1. The van der Waals surface area contributed by atoms with Crippen molar-refractivity contribution in [3.63, 3.8) is 0 Å². The lowest BCUT2D eigenvalue weighted by molar-refractivity contribution is -0.130. The maximum atomic E-state index is 13.6. The van der Waals surface area contributed by atoms with Crippen molar-refractivity contribution in [3.05, 3.63) is 59.7 Å². The molecular weight excluding hydrogens is 378 g/mol. The Bertz CT molecular complexity index is 1010. The quantitative estimate of drug-likeness (QED) is 0.717. The number of rotatable bonds is 3. The Labute approximate surface area is 177 Å². The molecule has 5 nitrogen and oxygen atoms in total. The summed E-state index contributed by atoms with van der Waals surface area (Å²) in [6.45, 7) is 6.12. The van der Waals surface area contributed by atoms with Crippen LogP contribution in [-0.4, -0.2) is 24.7 Å². The minimum absolute atomic E-state index is 0.0406. The highest BCUT2D eigenvalue weighted by molar-refractivity contribution is 6.24. The van der Waals surface area contributed by atoms with Gasteiger partial charge in [0.1, 0.15) is 11.5 Å². The number of hydrogen-bond acceptors (Lipinski definition) is 4. The molecule has 30 heavy (non-hydrogen) atoms. The minimum atomic E-state index is -0.598. The fraction of sp³-hybridized carbons (Fsp3) is 0.400. The van der Waals surface area contributed by atoms with Crippen LogP contribution in [0, 0.1) is 11.8 Å². The molecule has 2 amide bonds. The van der Waals surface area contributed by atoms with E-state index in [4.69, 9.17) is 4.74 Å². The second-order valence-electron chi connectivity index (χ2n) is 9.24. The summed E-state index contributed by atoms with van der Waals surface area (Å²) in [6, 6.07) is 15.0. The Morgan fingerprint density at radius 1 is 0.900 bits per heavy atom. The first-order valence-corrected chi connectivity index (χ1v) is 10.4. The van der Waals surface area contributed by atoms with Gasteiger partial charge in [-0.1, -0.05) is 51.1 Å². The molecule has 156 valence electrons. The highest BCUT2D eigenvalue weighted by Crippen LogP contribution is 2.48. The molecule has 1 saturated heterocycles. The average Bonchev–Trinajstić information content (AvgIpc) is 2.97. The summed E-state index contributed by atoms with van der Waals surface area (Å²) in [7, 11) is 1.60. The number of amides is 2. The summed E-state index contributed by atoms with van der Waals surface area (Å²) in [5.41, 5.74) is 2.10. The highest BCUT2D eigenvalue weighted by atomic mass is 16.5. The molecule has 2 aromatic carbocycles. The third-order valence-electron chi connectivity index (χ3n) is 6.29. The molecule has 0 N–H and O–H groups in total. The van der Waals surface area contributed by atoms with Gasteiger partial charge in [0, 0.05) is 18.8 Å². The molecular formula is C25H27NO4. The standard InChI is InChI=1S/C25H27NO4/c1-25(2,3)20-14-17(30-4)10-11-21(20)26-23(28)19-13-16(27)12-18(22(19)24(26)29)15-8-6-5-7-9-15/h5-11,14,18-19,22H,12-13H2,1-4H3/t18-,19-,22+/m1/s1. The fourth-order valence-electron chi connectivity index (χ4n) is 4.82. The van der Waals surface area contributed by atoms with E-state index >= 15 is 0 Å². The summed E-state index contributed by atoms with van der Waals surface area (Å²) in [5.74, 6) is -1.13. The summed E-state index contributed by atoms with van der Waals surface area (Å²) < 4.78 is 5.37. The fourth-order valence-corrected chi connectivity index (χ4v) is 4.82. The van der Waals surface area contributed by atoms with Gasteiger partial charge in [-0.2, -0.15) is 0 Å². The molecule has 4 rings (SSSR count). The lowest BCUT2D eigenvalue weighted by atomic mass is 9.70. The van der Waals surface area contributed by atoms with Crippen molar-refractivity contribution in [2.45, 2.75) is 44.9 Å². The SMILES string of the molecule is COc1ccc(N2C(=O)[C@H]3[C@@H](c4ccccc4)CC(=O)C[C@H]3C2=O)c(C(C)(C)C)c1. The van der Waals surface area contributed by atoms with Gasteiger partial charge in [-0.25, -0.2) is 4.90 Å². The molecule has 0 aromatic heterocycles. The first kappa shape index (κ1) is 20.3. The van der Waals surface area contributed by atoms with E-state index in [0.717, 1.165) is 11.1 Å². The summed E-state index contributed by atoms with van der Waals surface area (Å²) >= 11 is 0. The van der Waals surface area contributed by atoms with Gasteiger partial charge in [0.15, 0.2) is 0 Å². The number of anilines is 1. The molecule has 0 unspecified atom stereocenters. The van der Waals surface area contributed by atoms with Crippen molar-refractivity contribution < 1.29 is 19.1 Å². The largest absolute Gasteiger partial charge is 0.497 e.